The lowest BCUT2D eigenvalue weighted by Gasteiger charge is -2.11. The Morgan fingerprint density at radius 3 is 2.74 bits per heavy atom. The van der Waals surface area contributed by atoms with Gasteiger partial charge >= 0.3 is 0 Å². The van der Waals surface area contributed by atoms with Crippen molar-refractivity contribution in [1.29, 1.82) is 0 Å². The van der Waals surface area contributed by atoms with E-state index in [4.69, 9.17) is 4.52 Å². The number of aromatic amines is 1. The SMILES string of the molecule is CC(NC(=O)c1cn[nH]n1)c1nc(C(C)(C)C)no1. The van der Waals surface area contributed by atoms with E-state index >= 15 is 0 Å². The highest BCUT2D eigenvalue weighted by molar-refractivity contribution is 5.91. The first-order chi connectivity index (χ1) is 8.88. The van der Waals surface area contributed by atoms with Crippen molar-refractivity contribution in [2.45, 2.75) is 39.2 Å². The normalized spacial score (nSPS) is 13.3. The maximum atomic E-state index is 11.8. The summed E-state index contributed by atoms with van der Waals surface area (Å²) in [7, 11) is 0. The molecular formula is C11H16N6O2. The molecule has 8 nitrogen and oxygen atoms in total. The molecule has 0 aliphatic carbocycles. The summed E-state index contributed by atoms with van der Waals surface area (Å²) < 4.78 is 5.15. The minimum Gasteiger partial charge on any atom is -0.339 e. The topological polar surface area (TPSA) is 110 Å². The van der Waals surface area contributed by atoms with Crippen LogP contribution in [-0.4, -0.2) is 31.5 Å². The molecule has 2 rings (SSSR count). The highest BCUT2D eigenvalue weighted by Gasteiger charge is 2.24. The number of nitrogens with zero attached hydrogens (tertiary/aromatic N) is 4. The minimum absolute atomic E-state index is 0.197. The van der Waals surface area contributed by atoms with Crippen LogP contribution in [0.25, 0.3) is 0 Å². The highest BCUT2D eigenvalue weighted by atomic mass is 16.5. The van der Waals surface area contributed by atoms with Crippen molar-refractivity contribution in [3.05, 3.63) is 23.6 Å². The molecule has 2 heterocycles. The molecule has 0 saturated heterocycles. The first-order valence-electron chi connectivity index (χ1n) is 5.88. The van der Waals surface area contributed by atoms with Gasteiger partial charge in [-0.2, -0.15) is 20.4 Å². The summed E-state index contributed by atoms with van der Waals surface area (Å²) in [5.74, 6) is 0.614. The molecule has 0 bridgehead atoms. The Morgan fingerprint density at radius 1 is 1.47 bits per heavy atom. The van der Waals surface area contributed by atoms with Crippen LogP contribution in [0.3, 0.4) is 0 Å². The van der Waals surface area contributed by atoms with E-state index in [1.165, 1.54) is 6.20 Å². The van der Waals surface area contributed by atoms with Crippen molar-refractivity contribution in [1.82, 2.24) is 30.9 Å². The Kier molecular flexibility index (Phi) is 3.32. The zero-order valence-electron chi connectivity index (χ0n) is 11.3. The van der Waals surface area contributed by atoms with E-state index in [9.17, 15) is 4.79 Å². The van der Waals surface area contributed by atoms with E-state index in [0.29, 0.717) is 11.7 Å². The fourth-order valence-corrected chi connectivity index (χ4v) is 1.36. The van der Waals surface area contributed by atoms with Gasteiger partial charge in [-0.3, -0.25) is 4.79 Å². The van der Waals surface area contributed by atoms with Gasteiger partial charge in [-0.05, 0) is 6.92 Å². The second kappa shape index (κ2) is 4.79. The first-order valence-corrected chi connectivity index (χ1v) is 5.88. The first kappa shape index (κ1) is 13.2. The Bertz CT molecular complexity index is 554. The monoisotopic (exact) mass is 264 g/mol. The lowest BCUT2D eigenvalue weighted by atomic mass is 9.96. The van der Waals surface area contributed by atoms with Crippen LogP contribution in [-0.2, 0) is 5.41 Å². The number of aromatic nitrogens is 5. The van der Waals surface area contributed by atoms with E-state index in [-0.39, 0.29) is 17.0 Å². The maximum Gasteiger partial charge on any atom is 0.274 e. The summed E-state index contributed by atoms with van der Waals surface area (Å²) in [5, 5.41) is 16.3. The standard InChI is InChI=1S/C11H16N6O2/c1-6(13-8(18)7-5-12-17-15-7)9-14-10(16-19-9)11(2,3)4/h5-6H,1-4H3,(H,13,18)(H,12,15,17). The zero-order valence-corrected chi connectivity index (χ0v) is 11.3. The van der Waals surface area contributed by atoms with Gasteiger partial charge in [0.05, 0.1) is 6.20 Å². The van der Waals surface area contributed by atoms with Gasteiger partial charge < -0.3 is 9.84 Å². The molecule has 102 valence electrons. The predicted molar refractivity (Wildman–Crippen MR) is 65.3 cm³/mol. The summed E-state index contributed by atoms with van der Waals surface area (Å²) in [5.41, 5.74) is 0.0137. The summed E-state index contributed by atoms with van der Waals surface area (Å²) in [6.45, 7) is 7.72. The molecule has 2 aromatic heterocycles. The molecule has 2 aromatic rings. The van der Waals surface area contributed by atoms with Gasteiger partial charge in [0.15, 0.2) is 11.5 Å². The quantitative estimate of drug-likeness (QED) is 0.855. The summed E-state index contributed by atoms with van der Waals surface area (Å²) in [6, 6.07) is -0.396. The lowest BCUT2D eigenvalue weighted by molar-refractivity contribution is 0.0927. The average molecular weight is 264 g/mol. The molecule has 1 atom stereocenters. The van der Waals surface area contributed by atoms with E-state index in [2.05, 4.69) is 30.9 Å². The highest BCUT2D eigenvalue weighted by Crippen LogP contribution is 2.20. The number of hydrogen-bond acceptors (Lipinski definition) is 6. The zero-order chi connectivity index (χ0) is 14.0. The molecular weight excluding hydrogens is 248 g/mol. The van der Waals surface area contributed by atoms with Gasteiger partial charge in [0.25, 0.3) is 5.91 Å². The fourth-order valence-electron chi connectivity index (χ4n) is 1.36. The van der Waals surface area contributed by atoms with Crippen molar-refractivity contribution in [3.63, 3.8) is 0 Å². The van der Waals surface area contributed by atoms with Crippen LogP contribution in [0.5, 0.6) is 0 Å². The molecule has 8 heteroatoms. The molecule has 0 aromatic carbocycles. The summed E-state index contributed by atoms with van der Waals surface area (Å²) >= 11 is 0. The van der Waals surface area contributed by atoms with Crippen molar-refractivity contribution in [2.24, 2.45) is 0 Å². The fraction of sp³-hybridized carbons (Fsp3) is 0.545. The van der Waals surface area contributed by atoms with Crippen LogP contribution in [0.2, 0.25) is 0 Å². The third-order valence-electron chi connectivity index (χ3n) is 2.48. The molecule has 0 aliphatic heterocycles. The smallest absolute Gasteiger partial charge is 0.274 e. The number of nitrogens with one attached hydrogen (secondary N) is 2. The van der Waals surface area contributed by atoms with E-state index in [1.807, 2.05) is 20.8 Å². The lowest BCUT2D eigenvalue weighted by Crippen LogP contribution is -2.27. The van der Waals surface area contributed by atoms with Crippen LogP contribution in [0, 0.1) is 0 Å². The number of hydrogen-bond donors (Lipinski definition) is 2. The van der Waals surface area contributed by atoms with Crippen LogP contribution in [0.15, 0.2) is 10.7 Å². The van der Waals surface area contributed by atoms with E-state index in [0.717, 1.165) is 0 Å². The average Bonchev–Trinajstić information content (AvgIpc) is 3.00. The third-order valence-corrected chi connectivity index (χ3v) is 2.48. The Balaban J connectivity index is 2.06. The minimum atomic E-state index is -0.396. The third kappa shape index (κ3) is 2.95. The van der Waals surface area contributed by atoms with Gasteiger partial charge in [-0.1, -0.05) is 25.9 Å². The van der Waals surface area contributed by atoms with E-state index in [1.54, 1.807) is 6.92 Å². The molecule has 2 N–H and O–H groups in total. The number of rotatable bonds is 3. The Morgan fingerprint density at radius 2 is 2.21 bits per heavy atom. The molecule has 0 spiro atoms. The number of H-pyrrole nitrogens is 1. The molecule has 1 amide bonds. The van der Waals surface area contributed by atoms with E-state index < -0.39 is 6.04 Å². The van der Waals surface area contributed by atoms with Crippen molar-refractivity contribution >= 4 is 5.91 Å². The van der Waals surface area contributed by atoms with Crippen LogP contribution in [0.1, 0.15) is 55.9 Å². The molecule has 0 aliphatic rings. The van der Waals surface area contributed by atoms with Crippen LogP contribution in [0.4, 0.5) is 0 Å². The van der Waals surface area contributed by atoms with Crippen LogP contribution >= 0.6 is 0 Å². The van der Waals surface area contributed by atoms with Gasteiger partial charge in [0.1, 0.15) is 6.04 Å². The Labute approximate surface area is 110 Å². The second-order valence-electron chi connectivity index (χ2n) is 5.26. The van der Waals surface area contributed by atoms with Gasteiger partial charge in [-0.25, -0.2) is 0 Å². The molecule has 1 unspecified atom stereocenters. The molecule has 0 fully saturated rings. The molecule has 0 radical (unpaired) electrons. The van der Waals surface area contributed by atoms with Gasteiger partial charge in [-0.15, -0.1) is 0 Å². The van der Waals surface area contributed by atoms with Gasteiger partial charge in [0.2, 0.25) is 5.89 Å². The number of amides is 1. The molecule has 19 heavy (non-hydrogen) atoms. The number of carbonyl (C=O) groups excluding carboxylic acids is 1. The maximum absolute atomic E-state index is 11.8. The Hall–Kier alpha value is -2.25. The van der Waals surface area contributed by atoms with Crippen molar-refractivity contribution < 1.29 is 9.32 Å². The predicted octanol–water partition coefficient (Wildman–Crippen LogP) is 0.976. The van der Waals surface area contributed by atoms with Crippen LogP contribution < -0.4 is 5.32 Å². The molecule has 0 saturated carbocycles. The second-order valence-corrected chi connectivity index (χ2v) is 5.26. The van der Waals surface area contributed by atoms with Gasteiger partial charge in [0, 0.05) is 5.41 Å². The number of carbonyl (C=O) groups is 1. The summed E-state index contributed by atoms with van der Waals surface area (Å²) in [4.78, 5) is 16.0. The largest absolute Gasteiger partial charge is 0.339 e. The summed E-state index contributed by atoms with van der Waals surface area (Å²) in [6.07, 6.45) is 1.34. The van der Waals surface area contributed by atoms with Crippen molar-refractivity contribution in [3.8, 4) is 0 Å². The van der Waals surface area contributed by atoms with Crippen molar-refractivity contribution in [2.75, 3.05) is 0 Å².